The molecule has 0 fully saturated rings. The van der Waals surface area contributed by atoms with E-state index in [4.69, 9.17) is 4.52 Å². The van der Waals surface area contributed by atoms with Crippen LogP contribution in [-0.2, 0) is 6.54 Å². The van der Waals surface area contributed by atoms with E-state index in [0.717, 1.165) is 28.7 Å². The number of benzene rings is 2. The lowest BCUT2D eigenvalue weighted by Crippen LogP contribution is -2.01. The summed E-state index contributed by atoms with van der Waals surface area (Å²) in [4.78, 5) is 4.56. The Bertz CT molecular complexity index is 1070. The third-order valence-electron chi connectivity index (χ3n) is 4.52. The van der Waals surface area contributed by atoms with Gasteiger partial charge in [0.1, 0.15) is 0 Å². The van der Waals surface area contributed by atoms with Gasteiger partial charge >= 0.3 is 0 Å². The standard InChI is InChI=1S/C21H21N5OS/c1-4-26-19(17-13-9-8-10-14(17)2)23-24-21(26)28-15(3)20-22-18(25-27-20)16-11-6-5-7-12-16/h5-13,15H,4H2,1-3H3/t15-/m0/s1. The van der Waals surface area contributed by atoms with Gasteiger partial charge in [-0.2, -0.15) is 4.98 Å². The van der Waals surface area contributed by atoms with Gasteiger partial charge in [0, 0.05) is 17.7 Å². The normalized spacial score (nSPS) is 12.2. The van der Waals surface area contributed by atoms with Gasteiger partial charge in [0.25, 0.3) is 0 Å². The first kappa shape index (κ1) is 18.4. The van der Waals surface area contributed by atoms with Crippen molar-refractivity contribution in [2.75, 3.05) is 0 Å². The first-order valence-electron chi connectivity index (χ1n) is 9.22. The largest absolute Gasteiger partial charge is 0.338 e. The molecule has 7 heteroatoms. The maximum atomic E-state index is 5.50. The average Bonchev–Trinajstić information content (AvgIpc) is 3.36. The number of hydrogen-bond donors (Lipinski definition) is 0. The van der Waals surface area contributed by atoms with Gasteiger partial charge in [-0.3, -0.25) is 0 Å². The van der Waals surface area contributed by atoms with Gasteiger partial charge in [-0.25, -0.2) is 0 Å². The molecule has 6 nitrogen and oxygen atoms in total. The van der Waals surface area contributed by atoms with Gasteiger partial charge in [0.2, 0.25) is 11.7 Å². The van der Waals surface area contributed by atoms with Crippen LogP contribution in [0.3, 0.4) is 0 Å². The minimum absolute atomic E-state index is 0.0378. The van der Waals surface area contributed by atoms with Gasteiger partial charge in [-0.15, -0.1) is 10.2 Å². The van der Waals surface area contributed by atoms with Crippen molar-refractivity contribution in [2.24, 2.45) is 0 Å². The molecule has 142 valence electrons. The molecule has 0 bridgehead atoms. The van der Waals surface area contributed by atoms with Crippen LogP contribution in [0, 0.1) is 6.92 Å². The van der Waals surface area contributed by atoms with E-state index < -0.39 is 0 Å². The highest BCUT2D eigenvalue weighted by atomic mass is 32.2. The fourth-order valence-corrected chi connectivity index (χ4v) is 3.94. The minimum Gasteiger partial charge on any atom is -0.338 e. The van der Waals surface area contributed by atoms with Crippen molar-refractivity contribution in [2.45, 2.75) is 37.7 Å². The number of nitrogens with zero attached hydrogens (tertiary/aromatic N) is 5. The molecule has 0 saturated carbocycles. The van der Waals surface area contributed by atoms with E-state index >= 15 is 0 Å². The van der Waals surface area contributed by atoms with Crippen molar-refractivity contribution >= 4 is 11.8 Å². The summed E-state index contributed by atoms with van der Waals surface area (Å²) in [5.74, 6) is 2.05. The number of hydrogen-bond acceptors (Lipinski definition) is 6. The van der Waals surface area contributed by atoms with Gasteiger partial charge in [0.05, 0.1) is 5.25 Å². The summed E-state index contributed by atoms with van der Waals surface area (Å²) in [5, 5.41) is 13.8. The predicted octanol–water partition coefficient (Wildman–Crippen LogP) is 5.18. The van der Waals surface area contributed by atoms with Crippen LogP contribution in [0.1, 0.15) is 30.6 Å². The fourth-order valence-electron chi connectivity index (χ4n) is 3.00. The highest BCUT2D eigenvalue weighted by Crippen LogP contribution is 2.35. The smallest absolute Gasteiger partial charge is 0.240 e. The van der Waals surface area contributed by atoms with E-state index in [-0.39, 0.29) is 5.25 Å². The van der Waals surface area contributed by atoms with Gasteiger partial charge in [-0.1, -0.05) is 71.5 Å². The second-order valence-corrected chi connectivity index (χ2v) is 7.76. The van der Waals surface area contributed by atoms with E-state index in [2.05, 4.69) is 50.9 Å². The van der Waals surface area contributed by atoms with Crippen LogP contribution in [0.15, 0.2) is 64.3 Å². The number of aromatic nitrogens is 5. The monoisotopic (exact) mass is 391 g/mol. The third kappa shape index (κ3) is 3.57. The molecule has 0 aliphatic rings. The zero-order valence-electron chi connectivity index (χ0n) is 16.0. The maximum Gasteiger partial charge on any atom is 0.240 e. The Morgan fingerprint density at radius 2 is 1.79 bits per heavy atom. The molecule has 2 aromatic heterocycles. The molecule has 28 heavy (non-hydrogen) atoms. The van der Waals surface area contributed by atoms with E-state index in [1.807, 2.05) is 49.4 Å². The third-order valence-corrected chi connectivity index (χ3v) is 5.59. The van der Waals surface area contributed by atoms with Crippen molar-refractivity contribution in [3.63, 3.8) is 0 Å². The minimum atomic E-state index is -0.0378. The van der Waals surface area contributed by atoms with Crippen LogP contribution in [0.2, 0.25) is 0 Å². The van der Waals surface area contributed by atoms with Crippen LogP contribution in [0.5, 0.6) is 0 Å². The summed E-state index contributed by atoms with van der Waals surface area (Å²) >= 11 is 1.57. The highest BCUT2D eigenvalue weighted by Gasteiger charge is 2.21. The summed E-state index contributed by atoms with van der Waals surface area (Å²) in [5.41, 5.74) is 3.22. The van der Waals surface area contributed by atoms with Crippen LogP contribution >= 0.6 is 11.8 Å². The molecule has 4 rings (SSSR count). The number of thioether (sulfide) groups is 1. The molecule has 2 aromatic carbocycles. The molecular weight excluding hydrogens is 370 g/mol. The maximum absolute atomic E-state index is 5.50. The summed E-state index contributed by atoms with van der Waals surface area (Å²) in [6, 6.07) is 18.0. The Kier molecular flexibility index (Phi) is 5.25. The first-order valence-corrected chi connectivity index (χ1v) is 10.1. The van der Waals surface area contributed by atoms with Crippen LogP contribution < -0.4 is 0 Å². The SMILES string of the molecule is CCn1c(S[C@@H](C)c2nc(-c3ccccc3)no2)nnc1-c1ccccc1C. The van der Waals surface area contributed by atoms with Crippen molar-refractivity contribution in [3.05, 3.63) is 66.1 Å². The predicted molar refractivity (Wildman–Crippen MR) is 110 cm³/mol. The van der Waals surface area contributed by atoms with Crippen molar-refractivity contribution < 1.29 is 4.52 Å². The van der Waals surface area contributed by atoms with Crippen molar-refractivity contribution in [1.29, 1.82) is 0 Å². The lowest BCUT2D eigenvalue weighted by atomic mass is 10.1. The fraction of sp³-hybridized carbons (Fsp3) is 0.238. The van der Waals surface area contributed by atoms with Gasteiger partial charge in [-0.05, 0) is 26.3 Å². The second-order valence-electron chi connectivity index (χ2n) is 6.45. The van der Waals surface area contributed by atoms with Crippen LogP contribution in [0.4, 0.5) is 0 Å². The van der Waals surface area contributed by atoms with Gasteiger partial charge < -0.3 is 9.09 Å². The van der Waals surface area contributed by atoms with Gasteiger partial charge in [0.15, 0.2) is 11.0 Å². The lowest BCUT2D eigenvalue weighted by Gasteiger charge is -2.10. The van der Waals surface area contributed by atoms with Crippen molar-refractivity contribution in [3.8, 4) is 22.8 Å². The number of rotatable bonds is 6. The molecule has 0 spiro atoms. The Labute approximate surface area is 168 Å². The molecular formula is C21H21N5OS. The lowest BCUT2D eigenvalue weighted by molar-refractivity contribution is 0.380. The van der Waals surface area contributed by atoms with E-state index in [9.17, 15) is 0 Å². The summed E-state index contributed by atoms with van der Waals surface area (Å²) in [6.07, 6.45) is 0. The summed E-state index contributed by atoms with van der Waals surface area (Å²) in [7, 11) is 0. The highest BCUT2D eigenvalue weighted by molar-refractivity contribution is 7.99. The molecule has 0 aliphatic carbocycles. The molecule has 0 amide bonds. The molecule has 0 aliphatic heterocycles. The van der Waals surface area contributed by atoms with E-state index in [0.29, 0.717) is 11.7 Å². The van der Waals surface area contributed by atoms with E-state index in [1.54, 1.807) is 11.8 Å². The zero-order chi connectivity index (χ0) is 19.5. The van der Waals surface area contributed by atoms with E-state index in [1.165, 1.54) is 5.56 Å². The Morgan fingerprint density at radius 3 is 2.54 bits per heavy atom. The molecule has 0 N–H and O–H groups in total. The number of aryl methyl sites for hydroxylation is 1. The molecule has 0 saturated heterocycles. The second kappa shape index (κ2) is 7.98. The first-order chi connectivity index (χ1) is 13.7. The summed E-state index contributed by atoms with van der Waals surface area (Å²) in [6.45, 7) is 7.00. The molecule has 1 atom stereocenters. The Balaban J connectivity index is 1.58. The molecule has 0 radical (unpaired) electrons. The Hall–Kier alpha value is -2.93. The molecule has 0 unspecified atom stereocenters. The van der Waals surface area contributed by atoms with Crippen LogP contribution in [-0.4, -0.2) is 24.9 Å². The zero-order valence-corrected chi connectivity index (χ0v) is 16.8. The van der Waals surface area contributed by atoms with Crippen molar-refractivity contribution in [1.82, 2.24) is 24.9 Å². The van der Waals surface area contributed by atoms with Crippen LogP contribution in [0.25, 0.3) is 22.8 Å². The average molecular weight is 392 g/mol. The molecule has 4 aromatic rings. The molecule has 2 heterocycles. The topological polar surface area (TPSA) is 69.6 Å². The quantitative estimate of drug-likeness (QED) is 0.422. The summed E-state index contributed by atoms with van der Waals surface area (Å²) < 4.78 is 7.62. The Morgan fingerprint density at radius 1 is 1.04 bits per heavy atom.